The van der Waals surface area contributed by atoms with Crippen LogP contribution >= 0.6 is 11.3 Å². The molecular weight excluding hydrogens is 386 g/mol. The van der Waals surface area contributed by atoms with Gasteiger partial charge in [0.25, 0.3) is 11.6 Å². The van der Waals surface area contributed by atoms with Gasteiger partial charge in [0.1, 0.15) is 16.1 Å². The Morgan fingerprint density at radius 2 is 2.00 bits per heavy atom. The first kappa shape index (κ1) is 19.2. The second kappa shape index (κ2) is 7.61. The minimum Gasteiger partial charge on any atom is -0.459 e. The quantitative estimate of drug-likeness (QED) is 0.380. The maximum atomic E-state index is 12.6. The van der Waals surface area contributed by atoms with Crippen molar-refractivity contribution in [3.05, 3.63) is 62.5 Å². The van der Waals surface area contributed by atoms with Crippen molar-refractivity contribution >= 4 is 44.9 Å². The number of non-ortho nitro benzene ring substituents is 1. The van der Waals surface area contributed by atoms with Gasteiger partial charge >= 0.3 is 5.97 Å². The van der Waals surface area contributed by atoms with Crippen molar-refractivity contribution in [3.63, 3.8) is 0 Å². The number of esters is 1. The van der Waals surface area contributed by atoms with Gasteiger partial charge in [-0.3, -0.25) is 20.3 Å². The lowest BCUT2D eigenvalue weighted by Crippen LogP contribution is -2.21. The van der Waals surface area contributed by atoms with Crippen molar-refractivity contribution in [3.8, 4) is 0 Å². The van der Waals surface area contributed by atoms with Gasteiger partial charge in [-0.2, -0.15) is 0 Å². The zero-order valence-corrected chi connectivity index (χ0v) is 15.7. The molecular formula is C18H15N3O6S. The van der Waals surface area contributed by atoms with Gasteiger partial charge in [-0.15, -0.1) is 11.3 Å². The summed E-state index contributed by atoms with van der Waals surface area (Å²) in [7, 11) is 0. The van der Waals surface area contributed by atoms with E-state index in [2.05, 4.69) is 5.32 Å². The Morgan fingerprint density at radius 3 is 2.68 bits per heavy atom. The predicted octanol–water partition coefficient (Wildman–Crippen LogP) is 3.70. The van der Waals surface area contributed by atoms with Gasteiger partial charge in [0.2, 0.25) is 5.55 Å². The van der Waals surface area contributed by atoms with Gasteiger partial charge < -0.3 is 14.5 Å². The fraction of sp³-hybridized carbons (Fsp3) is 0.167. The number of carbonyl (C=O) groups excluding carboxylic acids is 2. The molecule has 0 aliphatic heterocycles. The molecule has 0 saturated heterocycles. The lowest BCUT2D eigenvalue weighted by molar-refractivity contribution is -0.384. The van der Waals surface area contributed by atoms with Crippen LogP contribution in [0.1, 0.15) is 34.6 Å². The van der Waals surface area contributed by atoms with Crippen molar-refractivity contribution in [2.24, 2.45) is 0 Å². The Morgan fingerprint density at radius 1 is 1.25 bits per heavy atom. The van der Waals surface area contributed by atoms with Gasteiger partial charge in [0.15, 0.2) is 0 Å². The molecule has 1 amide bonds. The van der Waals surface area contributed by atoms with Crippen LogP contribution in [0.15, 0.2) is 40.1 Å². The standard InChI is InChI=1S/C18H15N3O6S/c1-9(2)26-18(23)12-5-6-28-17(12)20-16(22)13-8-10-7-11(21(24)25)3-4-14(10)27-15(13)19/h3-9,19H,1-2H3,(H,20,22). The van der Waals surface area contributed by atoms with Gasteiger partial charge in [0, 0.05) is 17.5 Å². The van der Waals surface area contributed by atoms with Crippen LogP contribution in [-0.4, -0.2) is 22.9 Å². The number of hydrogen-bond acceptors (Lipinski definition) is 8. The molecule has 3 rings (SSSR count). The Hall–Kier alpha value is -3.53. The van der Waals surface area contributed by atoms with Crippen molar-refractivity contribution in [1.82, 2.24) is 0 Å². The van der Waals surface area contributed by atoms with Crippen molar-refractivity contribution in [2.45, 2.75) is 20.0 Å². The monoisotopic (exact) mass is 401 g/mol. The van der Waals surface area contributed by atoms with E-state index in [-0.39, 0.29) is 33.5 Å². The lowest BCUT2D eigenvalue weighted by Gasteiger charge is -2.09. The summed E-state index contributed by atoms with van der Waals surface area (Å²) in [6.07, 6.45) is -0.314. The van der Waals surface area contributed by atoms with Crippen LogP contribution in [0.2, 0.25) is 0 Å². The predicted molar refractivity (Wildman–Crippen MR) is 102 cm³/mol. The summed E-state index contributed by atoms with van der Waals surface area (Å²) in [5.74, 6) is -1.25. The van der Waals surface area contributed by atoms with Crippen molar-refractivity contribution in [2.75, 3.05) is 5.32 Å². The molecule has 0 saturated carbocycles. The average molecular weight is 401 g/mol. The topological polar surface area (TPSA) is 136 Å². The number of thiophene rings is 1. The summed E-state index contributed by atoms with van der Waals surface area (Å²) in [4.78, 5) is 35.1. The third-order valence-electron chi connectivity index (χ3n) is 3.66. The first-order valence-corrected chi connectivity index (χ1v) is 9.01. The molecule has 0 atom stereocenters. The molecule has 28 heavy (non-hydrogen) atoms. The summed E-state index contributed by atoms with van der Waals surface area (Å²) in [6.45, 7) is 3.43. The Labute approximate surface area is 162 Å². The van der Waals surface area contributed by atoms with E-state index in [4.69, 9.17) is 14.6 Å². The highest BCUT2D eigenvalue weighted by molar-refractivity contribution is 7.14. The molecule has 0 bridgehead atoms. The molecule has 0 radical (unpaired) electrons. The lowest BCUT2D eigenvalue weighted by atomic mass is 10.1. The summed E-state index contributed by atoms with van der Waals surface area (Å²) in [6, 6.07) is 6.74. The molecule has 144 valence electrons. The number of anilines is 1. The van der Waals surface area contributed by atoms with Crippen LogP contribution in [0.25, 0.3) is 11.0 Å². The molecule has 1 aromatic carbocycles. The van der Waals surface area contributed by atoms with E-state index in [0.717, 1.165) is 11.3 Å². The molecule has 0 aliphatic rings. The number of amides is 1. The molecule has 0 unspecified atom stereocenters. The third kappa shape index (κ3) is 3.91. The molecule has 2 N–H and O–H groups in total. The Kier molecular flexibility index (Phi) is 5.23. The van der Waals surface area contributed by atoms with Gasteiger partial charge in [-0.05, 0) is 37.4 Å². The van der Waals surface area contributed by atoms with Crippen LogP contribution < -0.4 is 10.9 Å². The second-order valence-electron chi connectivity index (χ2n) is 6.04. The SMILES string of the molecule is CC(C)OC(=O)c1ccsc1NC(=O)c1cc2cc([N+](=O)[O-])ccc2oc1=N. The number of nitro benzene ring substituents is 1. The van der Waals surface area contributed by atoms with E-state index in [9.17, 15) is 19.7 Å². The molecule has 0 aliphatic carbocycles. The largest absolute Gasteiger partial charge is 0.459 e. The average Bonchev–Trinajstić information content (AvgIpc) is 3.08. The number of nitro groups is 1. The third-order valence-corrected chi connectivity index (χ3v) is 4.49. The van der Waals surface area contributed by atoms with Crippen LogP contribution in [0.5, 0.6) is 0 Å². The molecule has 2 aromatic heterocycles. The fourth-order valence-corrected chi connectivity index (χ4v) is 3.19. The zero-order chi connectivity index (χ0) is 20.4. The molecule has 3 aromatic rings. The number of rotatable bonds is 5. The fourth-order valence-electron chi connectivity index (χ4n) is 2.42. The summed E-state index contributed by atoms with van der Waals surface area (Å²) < 4.78 is 10.4. The minimum atomic E-state index is -0.678. The van der Waals surface area contributed by atoms with E-state index in [1.54, 1.807) is 19.2 Å². The van der Waals surface area contributed by atoms with Gasteiger partial charge in [0.05, 0.1) is 16.6 Å². The van der Waals surface area contributed by atoms with Crippen molar-refractivity contribution in [1.29, 1.82) is 5.41 Å². The number of carbonyl (C=O) groups is 2. The van der Waals surface area contributed by atoms with Gasteiger partial charge in [-0.25, -0.2) is 4.79 Å². The Balaban J connectivity index is 1.93. The smallest absolute Gasteiger partial charge is 0.341 e. The normalized spacial score (nSPS) is 10.8. The highest BCUT2D eigenvalue weighted by atomic mass is 32.1. The van der Waals surface area contributed by atoms with E-state index >= 15 is 0 Å². The summed E-state index contributed by atoms with van der Waals surface area (Å²) in [5, 5.41) is 23.6. The number of nitrogens with zero attached hydrogens (tertiary/aromatic N) is 1. The molecule has 0 spiro atoms. The second-order valence-corrected chi connectivity index (χ2v) is 6.96. The Bertz CT molecular complexity index is 1150. The maximum absolute atomic E-state index is 12.6. The van der Waals surface area contributed by atoms with E-state index in [1.807, 2.05) is 0 Å². The zero-order valence-electron chi connectivity index (χ0n) is 14.8. The minimum absolute atomic E-state index is 0.121. The highest BCUT2D eigenvalue weighted by Gasteiger charge is 2.20. The number of fused-ring (bicyclic) bond motifs is 1. The first-order chi connectivity index (χ1) is 13.3. The molecule has 2 heterocycles. The first-order valence-electron chi connectivity index (χ1n) is 8.13. The van der Waals surface area contributed by atoms with Crippen LogP contribution in [0, 0.1) is 15.5 Å². The summed E-state index contributed by atoms with van der Waals surface area (Å²) in [5.41, 5.74) is -0.244. The number of ether oxygens (including phenoxy) is 1. The van der Waals surface area contributed by atoms with Crippen LogP contribution in [0.4, 0.5) is 10.7 Å². The molecule has 10 heteroatoms. The van der Waals surface area contributed by atoms with Crippen LogP contribution in [-0.2, 0) is 4.74 Å². The molecule has 0 fully saturated rings. The van der Waals surface area contributed by atoms with Crippen molar-refractivity contribution < 1.29 is 23.7 Å². The van der Waals surface area contributed by atoms with E-state index in [1.165, 1.54) is 30.3 Å². The van der Waals surface area contributed by atoms with Crippen LogP contribution in [0.3, 0.4) is 0 Å². The highest BCUT2D eigenvalue weighted by Crippen LogP contribution is 2.26. The molecule has 9 nitrogen and oxygen atoms in total. The van der Waals surface area contributed by atoms with Gasteiger partial charge in [-0.1, -0.05) is 0 Å². The van der Waals surface area contributed by atoms with E-state index < -0.39 is 22.4 Å². The number of hydrogen-bond donors (Lipinski definition) is 2. The number of benzene rings is 1. The maximum Gasteiger partial charge on any atom is 0.341 e. The van der Waals surface area contributed by atoms with E-state index in [0.29, 0.717) is 5.39 Å². The summed E-state index contributed by atoms with van der Waals surface area (Å²) >= 11 is 1.13. The number of nitrogens with one attached hydrogen (secondary N) is 2.